The van der Waals surface area contributed by atoms with E-state index in [1.807, 2.05) is 45.9 Å². The lowest BCUT2D eigenvalue weighted by Crippen LogP contribution is -2.36. The zero-order valence-corrected chi connectivity index (χ0v) is 16.4. The number of hydrogen-bond acceptors (Lipinski definition) is 4. The molecule has 1 aliphatic rings. The van der Waals surface area contributed by atoms with Crippen LogP contribution in [0.1, 0.15) is 39.7 Å². The van der Waals surface area contributed by atoms with Crippen LogP contribution in [0.5, 0.6) is 5.75 Å². The number of amides is 1. The summed E-state index contributed by atoms with van der Waals surface area (Å²) in [6.07, 6.45) is 0.767. The molecule has 0 spiro atoms. The first-order chi connectivity index (χ1) is 11.8. The van der Waals surface area contributed by atoms with E-state index in [4.69, 9.17) is 21.1 Å². The van der Waals surface area contributed by atoms with Crippen molar-refractivity contribution in [3.8, 4) is 5.75 Å². The van der Waals surface area contributed by atoms with E-state index < -0.39 is 5.60 Å². The van der Waals surface area contributed by atoms with Crippen molar-refractivity contribution in [3.05, 3.63) is 28.8 Å². The SMILES string of the molecule is CCOc1ccc(Cl)cc1CNC[C@H]1CCN(C(=O)OC(C)(C)C)C1. The number of benzene rings is 1. The van der Waals surface area contributed by atoms with Gasteiger partial charge in [-0.05, 0) is 58.2 Å². The monoisotopic (exact) mass is 368 g/mol. The number of likely N-dealkylation sites (tertiary alicyclic amines) is 1. The molecule has 0 radical (unpaired) electrons. The molecule has 1 fully saturated rings. The van der Waals surface area contributed by atoms with Gasteiger partial charge in [-0.25, -0.2) is 4.79 Å². The molecule has 1 aromatic carbocycles. The molecular weight excluding hydrogens is 340 g/mol. The third-order valence-electron chi connectivity index (χ3n) is 4.01. The van der Waals surface area contributed by atoms with Crippen LogP contribution in [0.3, 0.4) is 0 Å². The smallest absolute Gasteiger partial charge is 0.410 e. The first kappa shape index (κ1) is 19.9. The summed E-state index contributed by atoms with van der Waals surface area (Å²) in [6.45, 7) is 11.3. The third-order valence-corrected chi connectivity index (χ3v) is 4.24. The van der Waals surface area contributed by atoms with E-state index in [1.54, 1.807) is 4.90 Å². The Kier molecular flexibility index (Phi) is 6.96. The highest BCUT2D eigenvalue weighted by molar-refractivity contribution is 6.30. The van der Waals surface area contributed by atoms with Gasteiger partial charge in [0.2, 0.25) is 0 Å². The van der Waals surface area contributed by atoms with E-state index in [2.05, 4.69) is 5.32 Å². The van der Waals surface area contributed by atoms with Crippen LogP contribution in [0.4, 0.5) is 4.79 Å². The second-order valence-electron chi connectivity index (χ2n) is 7.40. The molecule has 1 saturated heterocycles. The Labute approximate surface area is 155 Å². The summed E-state index contributed by atoms with van der Waals surface area (Å²) in [5, 5.41) is 4.17. The van der Waals surface area contributed by atoms with Crippen LogP contribution in [-0.4, -0.2) is 42.8 Å². The van der Waals surface area contributed by atoms with Crippen molar-refractivity contribution in [2.75, 3.05) is 26.2 Å². The zero-order valence-electron chi connectivity index (χ0n) is 15.6. The molecule has 1 aromatic rings. The lowest BCUT2D eigenvalue weighted by atomic mass is 10.1. The number of rotatable bonds is 6. The van der Waals surface area contributed by atoms with Crippen molar-refractivity contribution in [3.63, 3.8) is 0 Å². The lowest BCUT2D eigenvalue weighted by molar-refractivity contribution is 0.0288. The van der Waals surface area contributed by atoms with Crippen molar-refractivity contribution in [1.29, 1.82) is 0 Å². The Bertz CT molecular complexity index is 587. The van der Waals surface area contributed by atoms with E-state index in [0.29, 0.717) is 24.1 Å². The Morgan fingerprint density at radius 2 is 2.16 bits per heavy atom. The van der Waals surface area contributed by atoms with Gasteiger partial charge in [0, 0.05) is 36.8 Å². The van der Waals surface area contributed by atoms with Gasteiger partial charge in [0.05, 0.1) is 6.61 Å². The van der Waals surface area contributed by atoms with Gasteiger partial charge in [0.1, 0.15) is 11.4 Å². The fourth-order valence-corrected chi connectivity index (χ4v) is 3.08. The van der Waals surface area contributed by atoms with Crippen LogP contribution in [0.15, 0.2) is 18.2 Å². The van der Waals surface area contributed by atoms with E-state index in [0.717, 1.165) is 37.4 Å². The van der Waals surface area contributed by atoms with Crippen LogP contribution in [0, 0.1) is 5.92 Å². The molecular formula is C19H29ClN2O3. The highest BCUT2D eigenvalue weighted by Gasteiger charge is 2.29. The molecule has 2 rings (SSSR count). The predicted molar refractivity (Wildman–Crippen MR) is 100 cm³/mol. The third kappa shape index (κ3) is 6.40. The number of ether oxygens (including phenoxy) is 2. The van der Waals surface area contributed by atoms with Gasteiger partial charge in [0.25, 0.3) is 0 Å². The van der Waals surface area contributed by atoms with Gasteiger partial charge in [-0.1, -0.05) is 11.6 Å². The molecule has 1 amide bonds. The second-order valence-corrected chi connectivity index (χ2v) is 7.83. The molecule has 1 N–H and O–H groups in total. The van der Waals surface area contributed by atoms with E-state index in [-0.39, 0.29) is 6.09 Å². The number of carbonyl (C=O) groups is 1. The maximum Gasteiger partial charge on any atom is 0.410 e. The molecule has 1 atom stereocenters. The van der Waals surface area contributed by atoms with Crippen molar-refractivity contribution < 1.29 is 14.3 Å². The van der Waals surface area contributed by atoms with Crippen molar-refractivity contribution >= 4 is 17.7 Å². The van der Waals surface area contributed by atoms with Gasteiger partial charge >= 0.3 is 6.09 Å². The summed E-state index contributed by atoms with van der Waals surface area (Å²) in [7, 11) is 0. The zero-order chi connectivity index (χ0) is 18.4. The van der Waals surface area contributed by atoms with Crippen LogP contribution in [0.25, 0.3) is 0 Å². The molecule has 5 nitrogen and oxygen atoms in total. The average molecular weight is 369 g/mol. The highest BCUT2D eigenvalue weighted by atomic mass is 35.5. The number of carbonyl (C=O) groups excluding carboxylic acids is 1. The largest absolute Gasteiger partial charge is 0.494 e. The van der Waals surface area contributed by atoms with Crippen LogP contribution >= 0.6 is 11.6 Å². The Hall–Kier alpha value is -1.46. The molecule has 1 aliphatic heterocycles. The maximum absolute atomic E-state index is 12.1. The van der Waals surface area contributed by atoms with E-state index in [1.165, 1.54) is 0 Å². The Balaban J connectivity index is 1.80. The van der Waals surface area contributed by atoms with Crippen molar-refractivity contribution in [1.82, 2.24) is 10.2 Å². The molecule has 140 valence electrons. The summed E-state index contributed by atoms with van der Waals surface area (Å²) < 4.78 is 11.1. The lowest BCUT2D eigenvalue weighted by Gasteiger charge is -2.24. The number of nitrogens with zero attached hydrogens (tertiary/aromatic N) is 1. The highest BCUT2D eigenvalue weighted by Crippen LogP contribution is 2.23. The Morgan fingerprint density at radius 1 is 1.40 bits per heavy atom. The van der Waals surface area contributed by atoms with Gasteiger partial charge in [-0.15, -0.1) is 0 Å². The van der Waals surface area contributed by atoms with E-state index >= 15 is 0 Å². The molecule has 0 unspecified atom stereocenters. The standard InChI is InChI=1S/C19H29ClN2O3/c1-5-24-17-7-6-16(20)10-15(17)12-21-11-14-8-9-22(13-14)18(23)25-19(2,3)4/h6-7,10,14,21H,5,8-9,11-13H2,1-4H3/t14-/m1/s1. The molecule has 0 aromatic heterocycles. The first-order valence-corrected chi connectivity index (χ1v) is 9.26. The van der Waals surface area contributed by atoms with Crippen LogP contribution in [0.2, 0.25) is 5.02 Å². The summed E-state index contributed by atoms with van der Waals surface area (Å²) in [4.78, 5) is 13.9. The fourth-order valence-electron chi connectivity index (χ4n) is 2.89. The number of halogens is 1. The molecule has 0 saturated carbocycles. The Morgan fingerprint density at radius 3 is 2.84 bits per heavy atom. The quantitative estimate of drug-likeness (QED) is 0.821. The van der Waals surface area contributed by atoms with Crippen LogP contribution in [-0.2, 0) is 11.3 Å². The van der Waals surface area contributed by atoms with Crippen molar-refractivity contribution in [2.45, 2.75) is 46.3 Å². The molecule has 6 heteroatoms. The van der Waals surface area contributed by atoms with Crippen molar-refractivity contribution in [2.24, 2.45) is 5.92 Å². The summed E-state index contributed by atoms with van der Waals surface area (Å²) >= 11 is 6.09. The van der Waals surface area contributed by atoms with Gasteiger partial charge in [-0.3, -0.25) is 0 Å². The topological polar surface area (TPSA) is 50.8 Å². The van der Waals surface area contributed by atoms with E-state index in [9.17, 15) is 4.79 Å². The van der Waals surface area contributed by atoms with Gasteiger partial charge < -0.3 is 19.7 Å². The summed E-state index contributed by atoms with van der Waals surface area (Å²) in [5.74, 6) is 1.29. The summed E-state index contributed by atoms with van der Waals surface area (Å²) in [5.41, 5.74) is 0.603. The van der Waals surface area contributed by atoms with Gasteiger partial charge in [0.15, 0.2) is 0 Å². The minimum absolute atomic E-state index is 0.219. The fraction of sp³-hybridized carbons (Fsp3) is 0.632. The minimum Gasteiger partial charge on any atom is -0.494 e. The maximum atomic E-state index is 12.1. The molecule has 0 bridgehead atoms. The second kappa shape index (κ2) is 8.77. The van der Waals surface area contributed by atoms with Gasteiger partial charge in [-0.2, -0.15) is 0 Å². The number of hydrogen-bond donors (Lipinski definition) is 1. The number of nitrogens with one attached hydrogen (secondary N) is 1. The first-order valence-electron chi connectivity index (χ1n) is 8.88. The molecule has 0 aliphatic carbocycles. The summed E-state index contributed by atoms with van der Waals surface area (Å²) in [6, 6.07) is 5.68. The molecule has 1 heterocycles. The van der Waals surface area contributed by atoms with Crippen LogP contribution < -0.4 is 10.1 Å². The average Bonchev–Trinajstić information content (AvgIpc) is 2.97. The normalized spacial score (nSPS) is 17.6. The molecule has 25 heavy (non-hydrogen) atoms. The minimum atomic E-state index is -0.449. The predicted octanol–water partition coefficient (Wildman–Crippen LogP) is 4.09.